The van der Waals surface area contributed by atoms with Crippen molar-refractivity contribution in [1.82, 2.24) is 19.4 Å². The zero-order chi connectivity index (χ0) is 21.4. The van der Waals surface area contributed by atoms with Crippen LogP contribution in [-0.2, 0) is 0 Å². The average molecular weight is 426 g/mol. The van der Waals surface area contributed by atoms with Crippen LogP contribution in [0, 0.1) is 13.8 Å². The lowest BCUT2D eigenvalue weighted by Gasteiger charge is -2.00. The summed E-state index contributed by atoms with van der Waals surface area (Å²) in [5.41, 5.74) is 4.31. The van der Waals surface area contributed by atoms with E-state index in [-0.39, 0.29) is 5.56 Å². The molecule has 0 aliphatic carbocycles. The zero-order valence-corrected chi connectivity index (χ0v) is 17.9. The minimum atomic E-state index is -0.167. The molecule has 0 amide bonds. The highest BCUT2D eigenvalue weighted by molar-refractivity contribution is 7.18. The van der Waals surface area contributed by atoms with E-state index in [1.807, 2.05) is 85.4 Å². The van der Waals surface area contributed by atoms with E-state index in [0.29, 0.717) is 5.39 Å². The molecule has 152 valence electrons. The Balaban J connectivity index is 1.62. The summed E-state index contributed by atoms with van der Waals surface area (Å²) in [6.07, 6.45) is 5.05. The van der Waals surface area contributed by atoms with Gasteiger partial charge in [0, 0.05) is 22.2 Å². The van der Waals surface area contributed by atoms with Crippen molar-refractivity contribution in [2.45, 2.75) is 13.8 Å². The summed E-state index contributed by atoms with van der Waals surface area (Å²) < 4.78 is 3.11. The molecule has 5 aromatic rings. The standard InChI is InChI=1S/C24H19N5OS/c1-16-17(2)31-23-21(16)24(30)29(15-25-23)26-13-19-14-28(20-11-7-4-8-12-20)27-22(19)18-9-5-3-6-10-18/h3-15H,1-2H3. The highest BCUT2D eigenvalue weighted by Gasteiger charge is 2.13. The van der Waals surface area contributed by atoms with Crippen LogP contribution in [0.25, 0.3) is 27.2 Å². The molecule has 0 N–H and O–H groups in total. The molecular formula is C24H19N5OS. The van der Waals surface area contributed by atoms with Crippen molar-refractivity contribution < 1.29 is 0 Å². The molecule has 7 heteroatoms. The number of aromatic nitrogens is 4. The number of rotatable bonds is 4. The van der Waals surface area contributed by atoms with E-state index in [9.17, 15) is 4.79 Å². The van der Waals surface area contributed by atoms with Crippen molar-refractivity contribution >= 4 is 27.8 Å². The third-order valence-electron chi connectivity index (χ3n) is 5.20. The van der Waals surface area contributed by atoms with Gasteiger partial charge in [-0.3, -0.25) is 4.79 Å². The predicted octanol–water partition coefficient (Wildman–Crippen LogP) is 4.81. The molecular weight excluding hydrogens is 406 g/mol. The molecule has 6 nitrogen and oxygen atoms in total. The molecule has 0 saturated heterocycles. The number of benzene rings is 2. The first-order valence-electron chi connectivity index (χ1n) is 9.84. The fourth-order valence-corrected chi connectivity index (χ4v) is 4.44. The van der Waals surface area contributed by atoms with E-state index >= 15 is 0 Å². The van der Waals surface area contributed by atoms with Crippen molar-refractivity contribution in [3.63, 3.8) is 0 Å². The lowest BCUT2D eigenvalue weighted by atomic mass is 10.1. The van der Waals surface area contributed by atoms with Gasteiger partial charge in [0.1, 0.15) is 16.9 Å². The number of fused-ring (bicyclic) bond motifs is 1. The van der Waals surface area contributed by atoms with Gasteiger partial charge in [-0.2, -0.15) is 14.9 Å². The Labute approximate surface area is 182 Å². The van der Waals surface area contributed by atoms with E-state index < -0.39 is 0 Å². The molecule has 5 rings (SSSR count). The quantitative estimate of drug-likeness (QED) is 0.388. The first kappa shape index (κ1) is 19.1. The van der Waals surface area contributed by atoms with Gasteiger partial charge in [0.05, 0.1) is 17.3 Å². The van der Waals surface area contributed by atoms with Crippen LogP contribution >= 0.6 is 11.3 Å². The number of hydrogen-bond acceptors (Lipinski definition) is 5. The Morgan fingerprint density at radius 1 is 1.00 bits per heavy atom. The molecule has 0 unspecified atom stereocenters. The van der Waals surface area contributed by atoms with Crippen molar-refractivity contribution in [1.29, 1.82) is 0 Å². The highest BCUT2D eigenvalue weighted by atomic mass is 32.1. The zero-order valence-electron chi connectivity index (χ0n) is 17.1. The van der Waals surface area contributed by atoms with Crippen LogP contribution in [0.4, 0.5) is 0 Å². The summed E-state index contributed by atoms with van der Waals surface area (Å²) >= 11 is 1.53. The van der Waals surface area contributed by atoms with Crippen LogP contribution in [0.1, 0.15) is 16.0 Å². The van der Waals surface area contributed by atoms with Crippen LogP contribution in [0.15, 0.2) is 83.1 Å². The van der Waals surface area contributed by atoms with E-state index in [2.05, 4.69) is 10.1 Å². The van der Waals surface area contributed by atoms with Crippen LogP contribution in [0.5, 0.6) is 0 Å². The van der Waals surface area contributed by atoms with Crippen molar-refractivity contribution in [2.24, 2.45) is 5.10 Å². The van der Waals surface area contributed by atoms with Crippen LogP contribution in [0.3, 0.4) is 0 Å². The Hall–Kier alpha value is -3.84. The molecule has 3 heterocycles. The maximum absolute atomic E-state index is 13.0. The fraction of sp³-hybridized carbons (Fsp3) is 0.0833. The second-order valence-corrected chi connectivity index (χ2v) is 8.38. The summed E-state index contributed by atoms with van der Waals surface area (Å²) in [7, 11) is 0. The van der Waals surface area contributed by atoms with Gasteiger partial charge in [0.15, 0.2) is 0 Å². The summed E-state index contributed by atoms with van der Waals surface area (Å²) in [4.78, 5) is 19.2. The van der Waals surface area contributed by atoms with Crippen molar-refractivity contribution in [2.75, 3.05) is 0 Å². The lowest BCUT2D eigenvalue weighted by molar-refractivity contribution is 0.818. The van der Waals surface area contributed by atoms with Gasteiger partial charge in [-0.05, 0) is 31.5 Å². The molecule has 31 heavy (non-hydrogen) atoms. The first-order valence-corrected chi connectivity index (χ1v) is 10.7. The van der Waals surface area contributed by atoms with Gasteiger partial charge in [-0.15, -0.1) is 11.3 Å². The van der Waals surface area contributed by atoms with Gasteiger partial charge in [0.25, 0.3) is 5.56 Å². The van der Waals surface area contributed by atoms with Crippen LogP contribution in [-0.4, -0.2) is 25.7 Å². The Bertz CT molecular complexity index is 1460. The highest BCUT2D eigenvalue weighted by Crippen LogP contribution is 2.25. The smallest absolute Gasteiger partial charge is 0.267 e. The summed E-state index contributed by atoms with van der Waals surface area (Å²) in [5.74, 6) is 0. The van der Waals surface area contributed by atoms with Crippen molar-refractivity contribution in [3.05, 3.63) is 99.5 Å². The molecule has 0 aliphatic rings. The van der Waals surface area contributed by atoms with Gasteiger partial charge in [-0.25, -0.2) is 9.67 Å². The van der Waals surface area contributed by atoms with Gasteiger partial charge < -0.3 is 0 Å². The number of para-hydroxylation sites is 1. The minimum absolute atomic E-state index is 0.167. The third-order valence-corrected chi connectivity index (χ3v) is 6.32. The molecule has 2 aromatic carbocycles. The van der Waals surface area contributed by atoms with E-state index in [1.165, 1.54) is 22.3 Å². The minimum Gasteiger partial charge on any atom is -0.267 e. The maximum Gasteiger partial charge on any atom is 0.282 e. The summed E-state index contributed by atoms with van der Waals surface area (Å²) in [5, 5.41) is 9.84. The molecule has 0 radical (unpaired) electrons. The SMILES string of the molecule is Cc1sc2ncn(N=Cc3cn(-c4ccccc4)nc3-c3ccccc3)c(=O)c2c1C. The van der Waals surface area contributed by atoms with E-state index in [4.69, 9.17) is 5.10 Å². The van der Waals surface area contributed by atoms with Crippen LogP contribution in [0.2, 0.25) is 0 Å². The van der Waals surface area contributed by atoms with E-state index in [1.54, 1.807) is 6.21 Å². The van der Waals surface area contributed by atoms with Gasteiger partial charge >= 0.3 is 0 Å². The molecule has 0 bridgehead atoms. The Morgan fingerprint density at radius 2 is 1.71 bits per heavy atom. The van der Waals surface area contributed by atoms with Gasteiger partial charge in [-0.1, -0.05) is 48.5 Å². The molecule has 0 atom stereocenters. The number of aryl methyl sites for hydroxylation is 2. The third kappa shape index (κ3) is 3.49. The molecule has 0 aliphatic heterocycles. The number of hydrogen-bond donors (Lipinski definition) is 0. The summed E-state index contributed by atoms with van der Waals surface area (Å²) in [6, 6.07) is 19.8. The van der Waals surface area contributed by atoms with E-state index in [0.717, 1.165) is 37.8 Å². The largest absolute Gasteiger partial charge is 0.282 e. The molecule has 3 aromatic heterocycles. The Morgan fingerprint density at radius 3 is 2.45 bits per heavy atom. The number of thiophene rings is 1. The molecule has 0 fully saturated rings. The van der Waals surface area contributed by atoms with Crippen LogP contribution < -0.4 is 5.56 Å². The normalized spacial score (nSPS) is 11.5. The summed E-state index contributed by atoms with van der Waals surface area (Å²) in [6.45, 7) is 3.95. The first-order chi connectivity index (χ1) is 15.1. The fourth-order valence-electron chi connectivity index (χ4n) is 3.45. The second kappa shape index (κ2) is 7.77. The Kier molecular flexibility index (Phi) is 4.80. The topological polar surface area (TPSA) is 65.1 Å². The van der Waals surface area contributed by atoms with Gasteiger partial charge in [0.2, 0.25) is 0 Å². The number of nitrogens with zero attached hydrogens (tertiary/aromatic N) is 5. The lowest BCUT2D eigenvalue weighted by Crippen LogP contribution is -2.17. The molecule has 0 saturated carbocycles. The predicted molar refractivity (Wildman–Crippen MR) is 125 cm³/mol. The maximum atomic E-state index is 13.0. The molecule has 0 spiro atoms. The second-order valence-electron chi connectivity index (χ2n) is 7.18. The van der Waals surface area contributed by atoms with Crippen molar-refractivity contribution in [3.8, 4) is 16.9 Å². The average Bonchev–Trinajstić information content (AvgIpc) is 3.36. The monoisotopic (exact) mass is 425 g/mol.